The normalized spacial score (nSPS) is 31.3. The zero-order valence-corrected chi connectivity index (χ0v) is 26.6. The minimum Gasteiger partial charge on any atom is -0.319 e. The van der Waals surface area contributed by atoms with Crippen LogP contribution in [0.25, 0.3) is 4.85 Å². The highest BCUT2D eigenvalue weighted by atomic mass is 35.5. The third-order valence-electron chi connectivity index (χ3n) is 10.3. The first-order chi connectivity index (χ1) is 21.5. The van der Waals surface area contributed by atoms with Gasteiger partial charge in [0, 0.05) is 60.3 Å². The number of hydrogen-bond donors (Lipinski definition) is 1. The molecule has 8 atom stereocenters. The van der Waals surface area contributed by atoms with E-state index in [1.54, 1.807) is 34.6 Å². The molecule has 4 aliphatic rings. The Morgan fingerprint density at radius 3 is 2.62 bits per heavy atom. The van der Waals surface area contributed by atoms with E-state index in [0.29, 0.717) is 42.8 Å². The zero-order valence-electron chi connectivity index (χ0n) is 25.1. The monoisotopic (exact) mass is 663 g/mol. The summed E-state index contributed by atoms with van der Waals surface area (Å²) in [5.74, 6) is -4.60. The molecular formula is C33H39ClF3N4O3S+. The largest absolute Gasteiger partial charge is 0.355 e. The van der Waals surface area contributed by atoms with Crippen molar-refractivity contribution in [3.63, 3.8) is 0 Å². The van der Waals surface area contributed by atoms with Crippen molar-refractivity contribution in [1.82, 2.24) is 9.21 Å². The molecule has 3 heterocycles. The van der Waals surface area contributed by atoms with Crippen LogP contribution in [-0.2, 0) is 21.2 Å². The van der Waals surface area contributed by atoms with Gasteiger partial charge >= 0.3 is 11.9 Å². The smallest absolute Gasteiger partial charge is 0.319 e. The van der Waals surface area contributed by atoms with Gasteiger partial charge in [0.1, 0.15) is 5.82 Å². The number of sulfonamides is 1. The van der Waals surface area contributed by atoms with Crippen molar-refractivity contribution in [2.45, 2.75) is 93.8 Å². The number of alkyl halides is 2. The molecule has 1 saturated carbocycles. The van der Waals surface area contributed by atoms with Crippen LogP contribution in [0.5, 0.6) is 0 Å². The third-order valence-corrected chi connectivity index (χ3v) is 12.4. The van der Waals surface area contributed by atoms with Gasteiger partial charge in [-0.2, -0.15) is 4.31 Å². The van der Waals surface area contributed by atoms with Crippen LogP contribution in [0.3, 0.4) is 0 Å². The Labute approximate surface area is 268 Å². The van der Waals surface area contributed by atoms with Crippen molar-refractivity contribution in [2.75, 3.05) is 24.2 Å². The number of amides is 1. The molecule has 0 aromatic heterocycles. The fraction of sp³-hybridized carbons (Fsp3) is 0.576. The molecular weight excluding hydrogens is 625 g/mol. The van der Waals surface area contributed by atoms with Crippen molar-refractivity contribution in [2.24, 2.45) is 5.92 Å². The first kappa shape index (κ1) is 32.3. The lowest BCUT2D eigenvalue weighted by Gasteiger charge is -2.37. The Balaban J connectivity index is 1.23. The van der Waals surface area contributed by atoms with Crippen LogP contribution < -0.4 is 5.32 Å². The summed E-state index contributed by atoms with van der Waals surface area (Å²) < 4.78 is 71.8. The molecule has 45 heavy (non-hydrogen) atoms. The average molecular weight is 664 g/mol. The quantitative estimate of drug-likeness (QED) is 0.257. The minimum absolute atomic E-state index is 0.119. The lowest BCUT2D eigenvalue weighted by atomic mass is 9.76. The van der Waals surface area contributed by atoms with Crippen LogP contribution in [0.15, 0.2) is 42.5 Å². The lowest BCUT2D eigenvalue weighted by molar-refractivity contribution is -0.117. The number of piperazine rings is 1. The van der Waals surface area contributed by atoms with Gasteiger partial charge in [0.25, 0.3) is 6.57 Å². The van der Waals surface area contributed by atoms with Crippen molar-refractivity contribution in [3.8, 4) is 6.57 Å². The summed E-state index contributed by atoms with van der Waals surface area (Å²) in [6.45, 7) is 7.17. The number of halogens is 4. The number of carbonyl (C=O) groups is 1. The number of anilines is 1. The maximum atomic E-state index is 15.4. The van der Waals surface area contributed by atoms with Gasteiger partial charge in [0.15, 0.2) is 0 Å². The molecule has 1 aliphatic carbocycles. The fourth-order valence-electron chi connectivity index (χ4n) is 7.90. The van der Waals surface area contributed by atoms with E-state index in [4.69, 9.17) is 18.2 Å². The van der Waals surface area contributed by atoms with Crippen LogP contribution in [0.4, 0.5) is 18.9 Å². The Bertz CT molecular complexity index is 1570. The molecule has 1 N–H and O–H groups in total. The molecule has 0 radical (unpaired) electrons. The molecule has 7 nitrogen and oxygen atoms in total. The highest BCUT2D eigenvalue weighted by Crippen LogP contribution is 2.44. The number of carbonyl (C=O) groups excluding carboxylic acids is 1. The highest BCUT2D eigenvalue weighted by molar-refractivity contribution is 7.89. The van der Waals surface area contributed by atoms with Gasteiger partial charge in [0.2, 0.25) is 15.9 Å². The second-order valence-electron chi connectivity index (χ2n) is 13.0. The van der Waals surface area contributed by atoms with Gasteiger partial charge < -0.3 is 5.32 Å². The third kappa shape index (κ3) is 6.90. The van der Waals surface area contributed by atoms with Crippen molar-refractivity contribution in [3.05, 3.63) is 69.3 Å². The Kier molecular flexibility index (Phi) is 9.23. The number of benzene rings is 2. The minimum atomic E-state index is -3.40. The molecule has 8 unspecified atom stereocenters. The predicted octanol–water partition coefficient (Wildman–Crippen LogP) is 6.54. The lowest BCUT2D eigenvalue weighted by Crippen LogP contribution is -2.53. The van der Waals surface area contributed by atoms with E-state index >= 15 is 4.39 Å². The van der Waals surface area contributed by atoms with E-state index < -0.39 is 39.6 Å². The molecule has 242 valence electrons. The van der Waals surface area contributed by atoms with Crippen molar-refractivity contribution < 1.29 is 26.4 Å². The van der Waals surface area contributed by atoms with Gasteiger partial charge in [-0.25, -0.2) is 21.6 Å². The van der Waals surface area contributed by atoms with Gasteiger partial charge in [-0.05, 0) is 80.7 Å². The molecule has 3 aliphatic heterocycles. The standard InChI is InChI=1S/C33H38ClF3N4O3S/c1-38-31(30(22-9-11-23(34)12-10-22)21-5-3-16-33(36,37)17-15-21)32(42)39-27-8-2-7-26(35)25(27)13-14-28-29-20-40(29)24-6-4-18-45(43,44)41(28)19-24/h1-2,7-12,21,24,28-31H,3-6,13-20H2/p+1. The summed E-state index contributed by atoms with van der Waals surface area (Å²) >= 11 is 6.13. The average Bonchev–Trinajstić information content (AvgIpc) is 3.82. The van der Waals surface area contributed by atoms with Gasteiger partial charge in [-0.3, -0.25) is 9.69 Å². The van der Waals surface area contributed by atoms with Crippen molar-refractivity contribution in [1.29, 1.82) is 0 Å². The molecule has 1 amide bonds. The number of hydrogen-bond acceptors (Lipinski definition) is 4. The van der Waals surface area contributed by atoms with E-state index in [1.807, 2.05) is 0 Å². The van der Waals surface area contributed by atoms with Crippen molar-refractivity contribution >= 4 is 33.2 Å². The van der Waals surface area contributed by atoms with Crippen LogP contribution in [0, 0.1) is 18.3 Å². The van der Waals surface area contributed by atoms with Crippen LogP contribution >= 0.6 is 11.6 Å². The molecule has 12 heteroatoms. The van der Waals surface area contributed by atoms with Gasteiger partial charge in [-0.1, -0.05) is 34.6 Å². The second-order valence-corrected chi connectivity index (χ2v) is 15.5. The maximum absolute atomic E-state index is 15.4. The Morgan fingerprint density at radius 2 is 1.87 bits per heavy atom. The molecule has 4 fully saturated rings. The fourth-order valence-corrected chi connectivity index (χ4v) is 9.85. The predicted molar refractivity (Wildman–Crippen MR) is 169 cm³/mol. The summed E-state index contributed by atoms with van der Waals surface area (Å²) in [6, 6.07) is 10.3. The summed E-state index contributed by atoms with van der Waals surface area (Å²) in [5.41, 5.74) is 1.25. The highest BCUT2D eigenvalue weighted by Gasteiger charge is 2.55. The molecule has 2 bridgehead atoms. The van der Waals surface area contributed by atoms with Crippen LogP contribution in [0.1, 0.15) is 68.4 Å². The molecule has 2 aromatic carbocycles. The van der Waals surface area contributed by atoms with Crippen LogP contribution in [0.2, 0.25) is 5.02 Å². The topological polar surface area (TPSA) is 73.8 Å². The summed E-state index contributed by atoms with van der Waals surface area (Å²) in [7, 11) is -3.40. The van der Waals surface area contributed by atoms with E-state index in [9.17, 15) is 22.0 Å². The first-order valence-corrected chi connectivity index (χ1v) is 17.8. The van der Waals surface area contributed by atoms with E-state index in [1.165, 1.54) is 12.1 Å². The number of rotatable bonds is 8. The Hall–Kier alpha value is -2.65. The number of fused-ring (bicyclic) bond motifs is 4. The second kappa shape index (κ2) is 12.9. The Morgan fingerprint density at radius 1 is 1.09 bits per heavy atom. The number of nitrogens with one attached hydrogen (secondary N) is 1. The number of nitrogens with zero attached hydrogens (tertiary/aromatic N) is 3. The van der Waals surface area contributed by atoms with E-state index in [0.717, 1.165) is 13.0 Å². The SMILES string of the molecule is C#[N+]C(C(=O)Nc1cccc(F)c1CCC1C2CN2C2CCCS(=O)(=O)N1C2)C(c1ccc(Cl)cc1)C1CCCC(F)(F)CC1. The zero-order chi connectivity index (χ0) is 31.9. The molecule has 2 aromatic rings. The van der Waals surface area contributed by atoms with Gasteiger partial charge in [0.05, 0.1) is 11.7 Å². The summed E-state index contributed by atoms with van der Waals surface area (Å²) in [4.78, 5) is 20.2. The molecule has 0 spiro atoms. The molecule has 3 saturated heterocycles. The summed E-state index contributed by atoms with van der Waals surface area (Å²) in [6.07, 6.45) is 2.61. The van der Waals surface area contributed by atoms with Gasteiger partial charge in [-0.15, -0.1) is 0 Å². The van der Waals surface area contributed by atoms with E-state index in [-0.39, 0.29) is 66.7 Å². The van der Waals surface area contributed by atoms with Crippen LogP contribution in [-0.4, -0.2) is 72.5 Å². The first-order valence-electron chi connectivity index (χ1n) is 15.8. The van der Waals surface area contributed by atoms with E-state index in [2.05, 4.69) is 15.1 Å². The summed E-state index contributed by atoms with van der Waals surface area (Å²) in [5, 5.41) is 3.34. The maximum Gasteiger partial charge on any atom is 0.355 e. The molecule has 6 rings (SSSR count).